The number of aryl methyl sites for hydroxylation is 1. The second kappa shape index (κ2) is 17.1. The fraction of sp³-hybridized carbons (Fsp3) is 0.621. The third-order valence-electron chi connectivity index (χ3n) is 7.32. The zero-order valence-corrected chi connectivity index (χ0v) is 26.1. The number of nitrogens with zero attached hydrogens (tertiary/aromatic N) is 3. The van der Waals surface area contributed by atoms with Gasteiger partial charge in [-0.05, 0) is 81.6 Å². The smallest absolute Gasteiger partial charge is 0.306 e. The summed E-state index contributed by atoms with van der Waals surface area (Å²) >= 11 is 18.8. The van der Waals surface area contributed by atoms with Crippen molar-refractivity contribution in [1.82, 2.24) is 15.3 Å². The summed E-state index contributed by atoms with van der Waals surface area (Å²) in [6.07, 6.45) is 5.77. The minimum atomic E-state index is -0.706. The predicted molar refractivity (Wildman–Crippen MR) is 165 cm³/mol. The molecule has 218 valence electrons. The first-order chi connectivity index (χ1) is 18.7. The maximum atomic E-state index is 9.93. The molecule has 1 aromatic carbocycles. The van der Waals surface area contributed by atoms with Gasteiger partial charge in [-0.3, -0.25) is 4.79 Å². The predicted octanol–water partition coefficient (Wildman–Crippen LogP) is 7.72. The number of carboxylic acid groups (broad SMARTS) is 1. The van der Waals surface area contributed by atoms with Gasteiger partial charge in [0, 0.05) is 29.7 Å². The Labute approximate surface area is 249 Å². The molecule has 2 aliphatic rings. The summed E-state index contributed by atoms with van der Waals surface area (Å²) in [6, 6.07) is 5.48. The van der Waals surface area contributed by atoms with Gasteiger partial charge in [0.05, 0.1) is 11.6 Å². The molecule has 39 heavy (non-hydrogen) atoms. The standard InChI is InChI=1S/C22H28Cl3N5.C5H10O2.C2H6/c1-14-20(25)21(27-13-17-4-5-18(23)11-19(17)24)29-22(28-14)30-9-6-15(7-10-30)16-3-2-8-26-12-16;1-3-4(2)5(6)7;1-2/h4-5,11,15-16,26H,2-3,6-10,12-13H2,1H3,(H,27,28,29);4H,3H2,1-2H3,(H,6,7);1-2H3. The highest BCUT2D eigenvalue weighted by atomic mass is 35.5. The maximum absolute atomic E-state index is 9.93. The van der Waals surface area contributed by atoms with Crippen LogP contribution in [0.25, 0.3) is 0 Å². The molecule has 3 N–H and O–H groups in total. The molecular formula is C29H44Cl3N5O2. The topological polar surface area (TPSA) is 90.4 Å². The number of benzene rings is 1. The van der Waals surface area contributed by atoms with Crippen LogP contribution in [-0.4, -0.2) is 47.2 Å². The molecule has 1 aromatic heterocycles. The van der Waals surface area contributed by atoms with Crippen molar-refractivity contribution < 1.29 is 9.90 Å². The highest BCUT2D eigenvalue weighted by Crippen LogP contribution is 2.32. The number of hydrogen-bond donors (Lipinski definition) is 3. The Bertz CT molecular complexity index is 1040. The zero-order chi connectivity index (χ0) is 28.9. The Balaban J connectivity index is 0.000000517. The third kappa shape index (κ3) is 10.3. The van der Waals surface area contributed by atoms with E-state index in [2.05, 4.69) is 20.5 Å². The van der Waals surface area contributed by atoms with Crippen molar-refractivity contribution in [3.05, 3.63) is 44.5 Å². The first-order valence-corrected chi connectivity index (χ1v) is 15.2. The fourth-order valence-electron chi connectivity index (χ4n) is 4.67. The van der Waals surface area contributed by atoms with Crippen LogP contribution >= 0.6 is 34.8 Å². The van der Waals surface area contributed by atoms with E-state index in [1.165, 1.54) is 38.8 Å². The van der Waals surface area contributed by atoms with Crippen LogP contribution in [0.15, 0.2) is 18.2 Å². The van der Waals surface area contributed by atoms with Crippen LogP contribution in [0.1, 0.15) is 71.1 Å². The monoisotopic (exact) mass is 599 g/mol. The summed E-state index contributed by atoms with van der Waals surface area (Å²) in [5, 5.41) is 16.8. The highest BCUT2D eigenvalue weighted by molar-refractivity contribution is 6.35. The van der Waals surface area contributed by atoms with E-state index in [9.17, 15) is 4.79 Å². The Morgan fingerprint density at radius 3 is 2.38 bits per heavy atom. The molecule has 2 atom stereocenters. The van der Waals surface area contributed by atoms with Crippen LogP contribution in [0.2, 0.25) is 15.1 Å². The molecule has 0 radical (unpaired) electrons. The number of carbonyl (C=O) groups is 1. The number of halogens is 3. The Kier molecular flexibility index (Phi) is 14.7. The Morgan fingerprint density at radius 1 is 1.15 bits per heavy atom. The number of carboxylic acids is 1. The molecule has 2 fully saturated rings. The van der Waals surface area contributed by atoms with Gasteiger partial charge in [-0.2, -0.15) is 4.98 Å². The van der Waals surface area contributed by atoms with Gasteiger partial charge in [-0.15, -0.1) is 0 Å². The largest absolute Gasteiger partial charge is 0.481 e. The van der Waals surface area contributed by atoms with Crippen LogP contribution in [0, 0.1) is 24.7 Å². The van der Waals surface area contributed by atoms with Gasteiger partial charge in [0.2, 0.25) is 5.95 Å². The molecule has 0 amide bonds. The number of rotatable bonds is 7. The SMILES string of the molecule is CC.CCC(C)C(=O)O.Cc1nc(N2CCC(C3CCCNC3)CC2)nc(NCc2ccc(Cl)cc2Cl)c1Cl. The number of piperidine rings is 2. The second-order valence-electron chi connectivity index (χ2n) is 9.94. The molecule has 4 rings (SSSR count). The summed E-state index contributed by atoms with van der Waals surface area (Å²) in [7, 11) is 0. The maximum Gasteiger partial charge on any atom is 0.306 e. The van der Waals surface area contributed by atoms with E-state index in [1.54, 1.807) is 13.0 Å². The summed E-state index contributed by atoms with van der Waals surface area (Å²) < 4.78 is 0. The van der Waals surface area contributed by atoms with Crippen molar-refractivity contribution in [3.63, 3.8) is 0 Å². The van der Waals surface area contributed by atoms with Gasteiger partial charge >= 0.3 is 5.97 Å². The number of anilines is 2. The highest BCUT2D eigenvalue weighted by Gasteiger charge is 2.29. The molecule has 2 saturated heterocycles. The normalized spacial score (nSPS) is 18.3. The molecule has 2 aromatic rings. The van der Waals surface area contributed by atoms with Gasteiger partial charge in [0.1, 0.15) is 5.02 Å². The van der Waals surface area contributed by atoms with Crippen molar-refractivity contribution in [3.8, 4) is 0 Å². The Hall–Kier alpha value is -1.80. The third-order valence-corrected chi connectivity index (χ3v) is 8.36. The minimum absolute atomic E-state index is 0.181. The van der Waals surface area contributed by atoms with Crippen LogP contribution in [0.3, 0.4) is 0 Å². The molecular weight excluding hydrogens is 557 g/mol. The lowest BCUT2D eigenvalue weighted by molar-refractivity contribution is -0.141. The molecule has 2 aliphatic heterocycles. The number of aromatic nitrogens is 2. The van der Waals surface area contributed by atoms with Crippen LogP contribution in [0.4, 0.5) is 11.8 Å². The lowest BCUT2D eigenvalue weighted by Gasteiger charge is -2.38. The van der Waals surface area contributed by atoms with Gasteiger partial charge in [-0.1, -0.05) is 68.6 Å². The van der Waals surface area contributed by atoms with Crippen LogP contribution in [0.5, 0.6) is 0 Å². The lowest BCUT2D eigenvalue weighted by atomic mass is 9.80. The summed E-state index contributed by atoms with van der Waals surface area (Å²) in [5.74, 6) is 2.12. The van der Waals surface area contributed by atoms with Gasteiger partial charge in [0.15, 0.2) is 5.82 Å². The molecule has 10 heteroatoms. The van der Waals surface area contributed by atoms with Crippen LogP contribution < -0.4 is 15.5 Å². The fourth-order valence-corrected chi connectivity index (χ4v) is 5.30. The van der Waals surface area contributed by atoms with Crippen molar-refractivity contribution in [2.24, 2.45) is 17.8 Å². The first-order valence-electron chi connectivity index (χ1n) is 14.1. The molecule has 7 nitrogen and oxygen atoms in total. The molecule has 0 aliphatic carbocycles. The molecule has 0 spiro atoms. The molecule has 0 bridgehead atoms. The van der Waals surface area contributed by atoms with E-state index in [0.29, 0.717) is 27.4 Å². The van der Waals surface area contributed by atoms with Crippen LogP contribution in [-0.2, 0) is 11.3 Å². The summed E-state index contributed by atoms with van der Waals surface area (Å²) in [6.45, 7) is 14.3. The zero-order valence-electron chi connectivity index (χ0n) is 23.9. The number of hydrogen-bond acceptors (Lipinski definition) is 6. The average molecular weight is 601 g/mol. The lowest BCUT2D eigenvalue weighted by Crippen LogP contribution is -2.41. The summed E-state index contributed by atoms with van der Waals surface area (Å²) in [5.41, 5.74) is 1.72. The minimum Gasteiger partial charge on any atom is -0.481 e. The van der Waals surface area contributed by atoms with Crippen molar-refractivity contribution in [2.75, 3.05) is 36.4 Å². The molecule has 2 unspecified atom stereocenters. The van der Waals surface area contributed by atoms with E-state index in [-0.39, 0.29) is 5.92 Å². The van der Waals surface area contributed by atoms with Gasteiger partial charge in [-0.25, -0.2) is 4.98 Å². The van der Waals surface area contributed by atoms with Crippen molar-refractivity contribution >= 4 is 52.5 Å². The van der Waals surface area contributed by atoms with E-state index < -0.39 is 5.97 Å². The first kappa shape index (κ1) is 33.4. The van der Waals surface area contributed by atoms with E-state index in [4.69, 9.17) is 44.9 Å². The second-order valence-corrected chi connectivity index (χ2v) is 11.2. The Morgan fingerprint density at radius 2 is 1.85 bits per heavy atom. The average Bonchev–Trinajstić information content (AvgIpc) is 2.96. The molecule has 3 heterocycles. The number of nitrogens with one attached hydrogen (secondary N) is 2. The number of aliphatic carboxylic acids is 1. The summed E-state index contributed by atoms with van der Waals surface area (Å²) in [4.78, 5) is 21.6. The molecule has 0 saturated carbocycles. The van der Waals surface area contributed by atoms with Crippen molar-refractivity contribution in [2.45, 2.75) is 73.3 Å². The van der Waals surface area contributed by atoms with Gasteiger partial charge in [0.25, 0.3) is 0 Å². The van der Waals surface area contributed by atoms with Gasteiger partial charge < -0.3 is 20.6 Å². The van der Waals surface area contributed by atoms with E-state index >= 15 is 0 Å². The quantitative estimate of drug-likeness (QED) is 0.300. The van der Waals surface area contributed by atoms with Crippen molar-refractivity contribution in [1.29, 1.82) is 0 Å². The van der Waals surface area contributed by atoms with E-state index in [1.807, 2.05) is 39.8 Å². The van der Waals surface area contributed by atoms with E-state index in [0.717, 1.165) is 48.6 Å².